The maximum absolute atomic E-state index is 6.18. The zero-order chi connectivity index (χ0) is 13.0. The molecule has 0 saturated carbocycles. The van der Waals surface area contributed by atoms with Crippen LogP contribution in [-0.4, -0.2) is 27.2 Å². The fourth-order valence-electron chi connectivity index (χ4n) is 2.57. The molecule has 4 heteroatoms. The molecule has 2 atom stereocenters. The second-order valence-corrected chi connectivity index (χ2v) is 5.24. The van der Waals surface area contributed by atoms with Crippen molar-refractivity contribution in [3.8, 4) is 5.75 Å². The van der Waals surface area contributed by atoms with Crippen LogP contribution in [0.1, 0.15) is 24.4 Å². The number of rotatable bonds is 5. The zero-order valence-electron chi connectivity index (χ0n) is 11.0. The van der Waals surface area contributed by atoms with Gasteiger partial charge in [-0.25, -0.2) is 0 Å². The SMILES string of the molecule is CNC(CC1CCNC1)c1ccc(OC)c(Cl)c1. The van der Waals surface area contributed by atoms with Crippen molar-refractivity contribution in [3.05, 3.63) is 28.8 Å². The summed E-state index contributed by atoms with van der Waals surface area (Å²) >= 11 is 6.18. The van der Waals surface area contributed by atoms with Crippen LogP contribution >= 0.6 is 11.6 Å². The van der Waals surface area contributed by atoms with Crippen LogP contribution in [-0.2, 0) is 0 Å². The van der Waals surface area contributed by atoms with Gasteiger partial charge in [0, 0.05) is 6.04 Å². The maximum atomic E-state index is 6.18. The first-order valence-corrected chi connectivity index (χ1v) is 6.83. The first-order chi connectivity index (χ1) is 8.74. The maximum Gasteiger partial charge on any atom is 0.137 e. The lowest BCUT2D eigenvalue weighted by Gasteiger charge is -2.20. The Labute approximate surface area is 114 Å². The molecule has 3 nitrogen and oxygen atoms in total. The number of ether oxygens (including phenoxy) is 1. The Morgan fingerprint density at radius 2 is 2.39 bits per heavy atom. The van der Waals surface area contributed by atoms with Crippen LogP contribution in [0.3, 0.4) is 0 Å². The molecule has 1 aliphatic heterocycles. The minimum absolute atomic E-state index is 0.360. The van der Waals surface area contributed by atoms with Gasteiger partial charge in [-0.05, 0) is 56.6 Å². The Kier molecular flexibility index (Phi) is 4.87. The topological polar surface area (TPSA) is 33.3 Å². The summed E-state index contributed by atoms with van der Waals surface area (Å²) in [5, 5.41) is 7.47. The van der Waals surface area contributed by atoms with Crippen molar-refractivity contribution in [3.63, 3.8) is 0 Å². The van der Waals surface area contributed by atoms with E-state index in [0.29, 0.717) is 11.1 Å². The third-order valence-electron chi connectivity index (χ3n) is 3.66. The highest BCUT2D eigenvalue weighted by atomic mass is 35.5. The highest BCUT2D eigenvalue weighted by Crippen LogP contribution is 2.30. The Hall–Kier alpha value is -0.770. The largest absolute Gasteiger partial charge is 0.495 e. The van der Waals surface area contributed by atoms with Gasteiger partial charge < -0.3 is 15.4 Å². The molecule has 0 amide bonds. The van der Waals surface area contributed by atoms with Gasteiger partial charge in [0.25, 0.3) is 0 Å². The third-order valence-corrected chi connectivity index (χ3v) is 3.95. The van der Waals surface area contributed by atoms with Gasteiger partial charge in [-0.2, -0.15) is 0 Å². The molecule has 0 aromatic heterocycles. The first-order valence-electron chi connectivity index (χ1n) is 6.46. The van der Waals surface area contributed by atoms with Gasteiger partial charge in [0.15, 0.2) is 0 Å². The second kappa shape index (κ2) is 6.41. The summed E-state index contributed by atoms with van der Waals surface area (Å²) in [5.74, 6) is 1.49. The molecule has 0 bridgehead atoms. The molecule has 0 spiro atoms. The van der Waals surface area contributed by atoms with Crippen LogP contribution in [0.15, 0.2) is 18.2 Å². The number of benzene rings is 1. The molecule has 18 heavy (non-hydrogen) atoms. The van der Waals surface area contributed by atoms with Gasteiger partial charge in [0.2, 0.25) is 0 Å². The minimum atomic E-state index is 0.360. The molecule has 0 radical (unpaired) electrons. The molecule has 0 aliphatic carbocycles. The highest BCUT2D eigenvalue weighted by Gasteiger charge is 2.20. The monoisotopic (exact) mass is 268 g/mol. The van der Waals surface area contributed by atoms with Crippen LogP contribution in [0.25, 0.3) is 0 Å². The summed E-state index contributed by atoms with van der Waals surface area (Å²) in [6.07, 6.45) is 2.41. The molecule has 1 aliphatic rings. The van der Waals surface area contributed by atoms with Crippen molar-refractivity contribution in [2.45, 2.75) is 18.9 Å². The molecule has 100 valence electrons. The quantitative estimate of drug-likeness (QED) is 0.861. The fraction of sp³-hybridized carbons (Fsp3) is 0.571. The summed E-state index contributed by atoms with van der Waals surface area (Å²) in [6, 6.07) is 6.39. The average molecular weight is 269 g/mol. The smallest absolute Gasteiger partial charge is 0.137 e. The fourth-order valence-corrected chi connectivity index (χ4v) is 2.84. The van der Waals surface area contributed by atoms with E-state index in [9.17, 15) is 0 Å². The van der Waals surface area contributed by atoms with E-state index in [2.05, 4.69) is 16.7 Å². The van der Waals surface area contributed by atoms with E-state index in [1.807, 2.05) is 19.2 Å². The lowest BCUT2D eigenvalue weighted by molar-refractivity contribution is 0.412. The molecular weight excluding hydrogens is 248 g/mol. The predicted molar refractivity (Wildman–Crippen MR) is 75.4 cm³/mol. The summed E-state index contributed by atoms with van der Waals surface area (Å²) in [4.78, 5) is 0. The Morgan fingerprint density at radius 1 is 1.56 bits per heavy atom. The van der Waals surface area contributed by atoms with E-state index < -0.39 is 0 Å². The standard InChI is InChI=1S/C14H21ClN2O/c1-16-13(7-10-5-6-17-9-10)11-3-4-14(18-2)12(15)8-11/h3-4,8,10,13,16-17H,5-7,9H2,1-2H3. The summed E-state index contributed by atoms with van der Waals surface area (Å²) in [6.45, 7) is 2.27. The van der Waals surface area contributed by atoms with Gasteiger partial charge in [0.05, 0.1) is 12.1 Å². The highest BCUT2D eigenvalue weighted by molar-refractivity contribution is 6.32. The third kappa shape index (κ3) is 3.16. The molecule has 1 aromatic carbocycles. The van der Waals surface area contributed by atoms with E-state index in [1.54, 1.807) is 7.11 Å². The normalized spacial score (nSPS) is 20.9. The zero-order valence-corrected chi connectivity index (χ0v) is 11.8. The molecule has 2 rings (SSSR count). The average Bonchev–Trinajstić information content (AvgIpc) is 2.88. The molecule has 1 aromatic rings. The lowest BCUT2D eigenvalue weighted by Crippen LogP contribution is -2.21. The van der Waals surface area contributed by atoms with Crippen LogP contribution in [0.5, 0.6) is 5.75 Å². The van der Waals surface area contributed by atoms with Crippen molar-refractivity contribution >= 4 is 11.6 Å². The Balaban J connectivity index is 2.08. The van der Waals surface area contributed by atoms with Crippen LogP contribution in [0.4, 0.5) is 0 Å². The van der Waals surface area contributed by atoms with Gasteiger partial charge in [-0.15, -0.1) is 0 Å². The first kappa shape index (κ1) is 13.7. The predicted octanol–water partition coefficient (Wildman–Crippen LogP) is 2.61. The summed E-state index contributed by atoms with van der Waals surface area (Å²) in [5.41, 5.74) is 1.23. The van der Waals surface area contributed by atoms with Crippen LogP contribution < -0.4 is 15.4 Å². The minimum Gasteiger partial charge on any atom is -0.495 e. The lowest BCUT2D eigenvalue weighted by atomic mass is 9.94. The Morgan fingerprint density at radius 3 is 2.94 bits per heavy atom. The van der Waals surface area contributed by atoms with Crippen LogP contribution in [0.2, 0.25) is 5.02 Å². The molecular formula is C14H21ClN2O. The van der Waals surface area contributed by atoms with Crippen molar-refractivity contribution < 1.29 is 4.74 Å². The number of hydrogen-bond donors (Lipinski definition) is 2. The van der Waals surface area contributed by atoms with Crippen molar-refractivity contribution in [2.24, 2.45) is 5.92 Å². The molecule has 2 N–H and O–H groups in total. The number of hydrogen-bond acceptors (Lipinski definition) is 3. The molecule has 2 unspecified atom stereocenters. The van der Waals surface area contributed by atoms with Gasteiger partial charge in [-0.1, -0.05) is 17.7 Å². The summed E-state index contributed by atoms with van der Waals surface area (Å²) < 4.78 is 5.18. The van der Waals surface area contributed by atoms with Crippen molar-refractivity contribution in [2.75, 3.05) is 27.2 Å². The van der Waals surface area contributed by atoms with Gasteiger partial charge >= 0.3 is 0 Å². The van der Waals surface area contributed by atoms with E-state index >= 15 is 0 Å². The van der Waals surface area contributed by atoms with Crippen molar-refractivity contribution in [1.82, 2.24) is 10.6 Å². The second-order valence-electron chi connectivity index (χ2n) is 4.83. The van der Waals surface area contributed by atoms with Gasteiger partial charge in [-0.3, -0.25) is 0 Å². The van der Waals surface area contributed by atoms with E-state index in [-0.39, 0.29) is 0 Å². The molecule has 1 fully saturated rings. The number of methoxy groups -OCH3 is 1. The van der Waals surface area contributed by atoms with E-state index in [1.165, 1.54) is 12.0 Å². The molecule has 1 heterocycles. The van der Waals surface area contributed by atoms with Gasteiger partial charge in [0.1, 0.15) is 5.75 Å². The van der Waals surface area contributed by atoms with Crippen molar-refractivity contribution in [1.29, 1.82) is 0 Å². The number of halogens is 1. The van der Waals surface area contributed by atoms with Crippen LogP contribution in [0, 0.1) is 5.92 Å². The number of nitrogens with one attached hydrogen (secondary N) is 2. The van der Waals surface area contributed by atoms with E-state index in [4.69, 9.17) is 16.3 Å². The summed E-state index contributed by atoms with van der Waals surface area (Å²) in [7, 11) is 3.64. The Bertz CT molecular complexity index is 391. The molecule has 1 saturated heterocycles. The van der Waals surface area contributed by atoms with E-state index in [0.717, 1.165) is 31.2 Å².